The first-order chi connectivity index (χ1) is 13.3. The molecule has 2 N–H and O–H groups in total. The number of fused-ring (bicyclic) bond motifs is 2. The van der Waals surface area contributed by atoms with Crippen molar-refractivity contribution in [2.75, 3.05) is 0 Å². The van der Waals surface area contributed by atoms with Crippen molar-refractivity contribution in [3.05, 3.63) is 41.7 Å². The Morgan fingerprint density at radius 2 is 2.07 bits per heavy atom. The van der Waals surface area contributed by atoms with Crippen molar-refractivity contribution in [2.24, 2.45) is 0 Å². The van der Waals surface area contributed by atoms with Gasteiger partial charge in [-0.25, -0.2) is 19.3 Å². The number of aromatic amines is 1. The Kier molecular flexibility index (Phi) is 4.50. The number of amides is 1. The largest absolute Gasteiger partial charge is 0.352 e. The summed E-state index contributed by atoms with van der Waals surface area (Å²) in [4.78, 5) is 27.5. The predicted molar refractivity (Wildman–Crippen MR) is 106 cm³/mol. The lowest BCUT2D eigenvalue weighted by Crippen LogP contribution is -2.36. The molecule has 0 unspecified atom stereocenters. The fraction of sp³-hybridized carbons (Fsp3) is 0.263. The van der Waals surface area contributed by atoms with Gasteiger partial charge in [-0.2, -0.15) is 0 Å². The van der Waals surface area contributed by atoms with Crippen molar-refractivity contribution < 1.29 is 9.18 Å². The molecule has 9 heteroatoms. The second kappa shape index (κ2) is 6.87. The summed E-state index contributed by atoms with van der Waals surface area (Å²) in [5.74, 6) is -0.106. The van der Waals surface area contributed by atoms with Crippen LogP contribution in [0.2, 0.25) is 5.02 Å². The number of rotatable bonds is 4. The number of aromatic nitrogens is 5. The summed E-state index contributed by atoms with van der Waals surface area (Å²) in [5.41, 5.74) is 1.84. The average Bonchev–Trinajstić information content (AvgIpc) is 3.21. The third-order valence-corrected chi connectivity index (χ3v) is 5.16. The molecule has 0 spiro atoms. The van der Waals surface area contributed by atoms with Crippen LogP contribution in [0.4, 0.5) is 4.39 Å². The Morgan fingerprint density at radius 3 is 2.82 bits per heavy atom. The summed E-state index contributed by atoms with van der Waals surface area (Å²) in [6.45, 7) is 5.37. The zero-order valence-corrected chi connectivity index (χ0v) is 16.3. The molecule has 1 amide bonds. The number of hydrogen-bond donors (Lipinski definition) is 2. The Hall–Kier alpha value is -3.00. The van der Waals surface area contributed by atoms with Crippen LogP contribution in [0.25, 0.3) is 33.5 Å². The smallest absolute Gasteiger partial charge is 0.217 e. The highest BCUT2D eigenvalue weighted by atomic mass is 35.5. The zero-order chi connectivity index (χ0) is 20.0. The van der Waals surface area contributed by atoms with Gasteiger partial charge < -0.3 is 14.9 Å². The molecule has 0 aliphatic rings. The topological polar surface area (TPSA) is 88.5 Å². The molecule has 0 bridgehead atoms. The van der Waals surface area contributed by atoms with E-state index in [1.807, 2.05) is 18.4 Å². The fourth-order valence-electron chi connectivity index (χ4n) is 3.28. The van der Waals surface area contributed by atoms with Crippen molar-refractivity contribution in [3.8, 4) is 11.4 Å². The van der Waals surface area contributed by atoms with Crippen molar-refractivity contribution in [1.29, 1.82) is 0 Å². The van der Waals surface area contributed by atoms with Gasteiger partial charge in [0.1, 0.15) is 17.1 Å². The summed E-state index contributed by atoms with van der Waals surface area (Å²) >= 11 is 6.37. The van der Waals surface area contributed by atoms with E-state index in [1.165, 1.54) is 13.0 Å². The fourth-order valence-corrected chi connectivity index (χ4v) is 3.51. The van der Waals surface area contributed by atoms with Gasteiger partial charge in [0.15, 0.2) is 5.82 Å². The molecule has 4 heterocycles. The normalized spacial score (nSPS) is 13.8. The van der Waals surface area contributed by atoms with Crippen LogP contribution in [-0.4, -0.2) is 36.5 Å². The van der Waals surface area contributed by atoms with Gasteiger partial charge in [0.2, 0.25) is 5.91 Å². The highest BCUT2D eigenvalue weighted by Crippen LogP contribution is 2.31. The maximum Gasteiger partial charge on any atom is 0.217 e. The summed E-state index contributed by atoms with van der Waals surface area (Å²) < 4.78 is 15.6. The van der Waals surface area contributed by atoms with Crippen LogP contribution in [0.1, 0.15) is 26.8 Å². The highest BCUT2D eigenvalue weighted by Gasteiger charge is 2.21. The number of halogens is 2. The average molecular weight is 401 g/mol. The molecule has 28 heavy (non-hydrogen) atoms. The van der Waals surface area contributed by atoms with Gasteiger partial charge in [0.25, 0.3) is 0 Å². The molecule has 4 rings (SSSR count). The lowest BCUT2D eigenvalue weighted by Gasteiger charge is -2.22. The van der Waals surface area contributed by atoms with E-state index < -0.39 is 5.82 Å². The molecule has 0 saturated carbocycles. The summed E-state index contributed by atoms with van der Waals surface area (Å²) in [6.07, 6.45) is 6.29. The molecule has 0 saturated heterocycles. The number of nitrogens with one attached hydrogen (secondary N) is 2. The third kappa shape index (κ3) is 3.09. The Labute approximate surface area is 165 Å². The highest BCUT2D eigenvalue weighted by molar-refractivity contribution is 6.35. The van der Waals surface area contributed by atoms with E-state index in [4.69, 9.17) is 11.6 Å². The quantitative estimate of drug-likeness (QED) is 0.544. The maximum atomic E-state index is 13.7. The van der Waals surface area contributed by atoms with Crippen LogP contribution < -0.4 is 5.32 Å². The Morgan fingerprint density at radius 1 is 1.29 bits per heavy atom. The third-order valence-electron chi connectivity index (χ3n) is 4.85. The second-order valence-electron chi connectivity index (χ2n) is 6.80. The van der Waals surface area contributed by atoms with E-state index in [-0.39, 0.29) is 18.0 Å². The first kappa shape index (κ1) is 18.4. The molecular weight excluding hydrogens is 383 g/mol. The van der Waals surface area contributed by atoms with E-state index in [1.54, 1.807) is 18.6 Å². The molecule has 7 nitrogen and oxygen atoms in total. The summed E-state index contributed by atoms with van der Waals surface area (Å²) in [6, 6.07) is 1.17. The lowest BCUT2D eigenvalue weighted by atomic mass is 10.1. The van der Waals surface area contributed by atoms with Crippen molar-refractivity contribution >= 4 is 39.6 Å². The number of hydrogen-bond acceptors (Lipinski definition) is 4. The van der Waals surface area contributed by atoms with Crippen molar-refractivity contribution in [2.45, 2.75) is 32.9 Å². The minimum Gasteiger partial charge on any atom is -0.352 e. The van der Waals surface area contributed by atoms with Gasteiger partial charge in [-0.15, -0.1) is 0 Å². The molecule has 4 aromatic heterocycles. The van der Waals surface area contributed by atoms with E-state index in [0.29, 0.717) is 38.5 Å². The number of H-pyrrole nitrogens is 1. The van der Waals surface area contributed by atoms with Crippen LogP contribution in [0.15, 0.2) is 30.9 Å². The SMILES string of the molecule is CC(=O)N[C@@H](C)[C@H](C)n1cc(Cl)c2cnc(-c3c[nH]c4ncc(F)cc34)nc21. The first-order valence-corrected chi connectivity index (χ1v) is 9.16. The minimum absolute atomic E-state index is 0.0938. The molecule has 0 radical (unpaired) electrons. The molecule has 4 aromatic rings. The Balaban J connectivity index is 1.84. The predicted octanol–water partition coefficient (Wildman–Crippen LogP) is 3.85. The van der Waals surface area contributed by atoms with Crippen molar-refractivity contribution in [1.82, 2.24) is 29.8 Å². The van der Waals surface area contributed by atoms with Crippen LogP contribution in [0, 0.1) is 5.82 Å². The van der Waals surface area contributed by atoms with Crippen molar-refractivity contribution in [3.63, 3.8) is 0 Å². The maximum absolute atomic E-state index is 13.7. The monoisotopic (exact) mass is 400 g/mol. The van der Waals surface area contributed by atoms with E-state index in [2.05, 4.69) is 25.3 Å². The molecule has 0 aliphatic heterocycles. The summed E-state index contributed by atoms with van der Waals surface area (Å²) in [5, 5.41) is 4.71. The van der Waals surface area contributed by atoms with Crippen LogP contribution >= 0.6 is 11.6 Å². The zero-order valence-electron chi connectivity index (χ0n) is 15.5. The molecule has 144 valence electrons. The second-order valence-corrected chi connectivity index (χ2v) is 7.20. The van der Waals surface area contributed by atoms with Gasteiger partial charge in [0, 0.05) is 42.5 Å². The van der Waals surface area contributed by atoms with E-state index >= 15 is 0 Å². The molecule has 0 fully saturated rings. The van der Waals surface area contributed by atoms with E-state index in [9.17, 15) is 9.18 Å². The number of carbonyl (C=O) groups is 1. The number of pyridine rings is 1. The Bertz CT molecular complexity index is 1200. The van der Waals surface area contributed by atoms with Crippen LogP contribution in [0.3, 0.4) is 0 Å². The van der Waals surface area contributed by atoms with Gasteiger partial charge in [0.05, 0.1) is 22.6 Å². The standard InChI is InChI=1S/C19H18ClFN6O/c1-9(25-11(3)28)10(2)27-8-16(20)15-7-24-18(26-19(15)27)14-6-23-17-13(14)4-12(21)5-22-17/h4-10H,1-3H3,(H,22,23)(H,25,28)/t9-,10-/m0/s1. The molecular formula is C19H18ClFN6O. The van der Waals surface area contributed by atoms with Crippen LogP contribution in [-0.2, 0) is 4.79 Å². The van der Waals surface area contributed by atoms with Gasteiger partial charge in [-0.05, 0) is 19.9 Å². The van der Waals surface area contributed by atoms with Crippen LogP contribution in [0.5, 0.6) is 0 Å². The van der Waals surface area contributed by atoms with E-state index in [0.717, 1.165) is 6.20 Å². The number of carbonyl (C=O) groups excluding carboxylic acids is 1. The molecule has 2 atom stereocenters. The first-order valence-electron chi connectivity index (χ1n) is 8.78. The molecule has 0 aliphatic carbocycles. The van der Waals surface area contributed by atoms with Gasteiger partial charge in [-0.3, -0.25) is 4.79 Å². The summed E-state index contributed by atoms with van der Waals surface area (Å²) in [7, 11) is 0. The minimum atomic E-state index is -0.432. The molecule has 0 aromatic carbocycles. The van der Waals surface area contributed by atoms with Gasteiger partial charge in [-0.1, -0.05) is 11.6 Å². The van der Waals surface area contributed by atoms with Gasteiger partial charge >= 0.3 is 0 Å². The number of nitrogens with zero attached hydrogens (tertiary/aromatic N) is 4. The lowest BCUT2D eigenvalue weighted by molar-refractivity contribution is -0.119.